The van der Waals surface area contributed by atoms with Gasteiger partial charge in [0.1, 0.15) is 9.84 Å². The van der Waals surface area contributed by atoms with E-state index >= 15 is 0 Å². The van der Waals surface area contributed by atoms with Crippen LogP contribution in [0.2, 0.25) is 0 Å². The van der Waals surface area contributed by atoms with Crippen LogP contribution < -0.4 is 4.74 Å². The van der Waals surface area contributed by atoms with Crippen molar-refractivity contribution in [3.8, 4) is 5.75 Å². The molecule has 0 spiro atoms. The highest BCUT2D eigenvalue weighted by atomic mass is 32.2. The average Bonchev–Trinajstić information content (AvgIpc) is 2.33. The molecule has 0 heterocycles. The molecule has 0 aliphatic rings. The molecule has 0 fully saturated rings. The maximum Gasteiger partial charge on any atom is 0.311 e. The van der Waals surface area contributed by atoms with Gasteiger partial charge in [0, 0.05) is 12.3 Å². The maximum absolute atomic E-state index is 10.9. The van der Waals surface area contributed by atoms with Crippen molar-refractivity contribution in [1.82, 2.24) is 0 Å². The highest BCUT2D eigenvalue weighted by molar-refractivity contribution is 7.90. The summed E-state index contributed by atoms with van der Waals surface area (Å²) in [7, 11) is -3.03. The Morgan fingerprint density at radius 1 is 1.37 bits per heavy atom. The van der Waals surface area contributed by atoms with Gasteiger partial charge in [-0.05, 0) is 24.5 Å². The SMILES string of the molecule is CCc1ccc(OCCCS(C)(=O)=O)c([N+](=O)[O-])c1. The summed E-state index contributed by atoms with van der Waals surface area (Å²) in [6.45, 7) is 2.05. The molecule has 0 saturated carbocycles. The minimum atomic E-state index is -3.03. The Kier molecular flexibility index (Phi) is 5.29. The highest BCUT2D eigenvalue weighted by Crippen LogP contribution is 2.28. The first-order valence-corrected chi connectivity index (χ1v) is 7.97. The van der Waals surface area contributed by atoms with Crippen LogP contribution in [0, 0.1) is 10.1 Å². The zero-order valence-electron chi connectivity index (χ0n) is 11.0. The molecule has 0 radical (unpaired) electrons. The molecule has 0 aliphatic carbocycles. The van der Waals surface area contributed by atoms with Gasteiger partial charge in [-0.2, -0.15) is 0 Å². The van der Waals surface area contributed by atoms with Crippen molar-refractivity contribution in [3.63, 3.8) is 0 Å². The summed E-state index contributed by atoms with van der Waals surface area (Å²) in [6, 6.07) is 4.79. The van der Waals surface area contributed by atoms with Crippen molar-refractivity contribution in [2.75, 3.05) is 18.6 Å². The molecule has 0 unspecified atom stereocenters. The smallest absolute Gasteiger partial charge is 0.311 e. The van der Waals surface area contributed by atoms with Gasteiger partial charge < -0.3 is 4.74 Å². The number of ether oxygens (including phenoxy) is 1. The molecular formula is C12H17NO5S. The fourth-order valence-electron chi connectivity index (χ4n) is 1.55. The first-order valence-electron chi connectivity index (χ1n) is 5.91. The van der Waals surface area contributed by atoms with E-state index < -0.39 is 14.8 Å². The Labute approximate surface area is 112 Å². The van der Waals surface area contributed by atoms with Crippen LogP contribution in [0.15, 0.2) is 18.2 Å². The molecule has 7 heteroatoms. The fraction of sp³-hybridized carbons (Fsp3) is 0.500. The molecule has 0 saturated heterocycles. The summed E-state index contributed by atoms with van der Waals surface area (Å²) in [5.41, 5.74) is 0.772. The zero-order chi connectivity index (χ0) is 14.5. The molecule has 0 atom stereocenters. The van der Waals surface area contributed by atoms with Crippen LogP contribution in [-0.2, 0) is 16.3 Å². The van der Waals surface area contributed by atoms with E-state index in [-0.39, 0.29) is 23.8 Å². The Bertz CT molecular complexity index is 553. The van der Waals surface area contributed by atoms with Crippen molar-refractivity contribution >= 4 is 15.5 Å². The number of benzene rings is 1. The number of nitro groups is 1. The van der Waals surface area contributed by atoms with Gasteiger partial charge in [0.15, 0.2) is 5.75 Å². The molecule has 6 nitrogen and oxygen atoms in total. The van der Waals surface area contributed by atoms with Crippen LogP contribution >= 0.6 is 0 Å². The average molecular weight is 287 g/mol. The first-order chi connectivity index (χ1) is 8.83. The van der Waals surface area contributed by atoms with Gasteiger partial charge in [0.05, 0.1) is 17.3 Å². The number of rotatable bonds is 7. The third kappa shape index (κ3) is 5.25. The molecule has 0 N–H and O–H groups in total. The van der Waals surface area contributed by atoms with E-state index in [1.165, 1.54) is 6.07 Å². The number of hydrogen-bond donors (Lipinski definition) is 0. The molecular weight excluding hydrogens is 270 g/mol. The molecule has 19 heavy (non-hydrogen) atoms. The number of hydrogen-bond acceptors (Lipinski definition) is 5. The number of nitro benzene ring substituents is 1. The van der Waals surface area contributed by atoms with Crippen molar-refractivity contribution in [2.24, 2.45) is 0 Å². The second-order valence-electron chi connectivity index (χ2n) is 4.24. The molecule has 1 rings (SSSR count). The van der Waals surface area contributed by atoms with Crippen LogP contribution in [0.5, 0.6) is 5.75 Å². The van der Waals surface area contributed by atoms with Crippen LogP contribution in [-0.4, -0.2) is 32.0 Å². The van der Waals surface area contributed by atoms with Crippen LogP contribution in [0.1, 0.15) is 18.9 Å². The summed E-state index contributed by atoms with van der Waals surface area (Å²) < 4.78 is 27.2. The minimum absolute atomic E-state index is 0.00778. The van der Waals surface area contributed by atoms with Gasteiger partial charge in [0.2, 0.25) is 0 Å². The molecule has 0 bridgehead atoms. The van der Waals surface area contributed by atoms with Crippen molar-refractivity contribution in [3.05, 3.63) is 33.9 Å². The lowest BCUT2D eigenvalue weighted by Crippen LogP contribution is -2.08. The Morgan fingerprint density at radius 3 is 2.58 bits per heavy atom. The van der Waals surface area contributed by atoms with E-state index in [1.807, 2.05) is 6.92 Å². The lowest BCUT2D eigenvalue weighted by atomic mass is 10.1. The van der Waals surface area contributed by atoms with Crippen molar-refractivity contribution in [1.29, 1.82) is 0 Å². The van der Waals surface area contributed by atoms with Crippen molar-refractivity contribution < 1.29 is 18.1 Å². The fourth-order valence-corrected chi connectivity index (χ4v) is 2.19. The van der Waals surface area contributed by atoms with E-state index in [9.17, 15) is 18.5 Å². The standard InChI is InChI=1S/C12H17NO5S/c1-3-10-5-6-12(11(9-10)13(14)15)18-7-4-8-19(2,16)17/h5-6,9H,3-4,7-8H2,1-2H3. The molecule has 1 aromatic rings. The van der Waals surface area contributed by atoms with Gasteiger partial charge in [-0.1, -0.05) is 13.0 Å². The number of sulfone groups is 1. The summed E-state index contributed by atoms with van der Waals surface area (Å²) in [5.74, 6) is 0.184. The lowest BCUT2D eigenvalue weighted by molar-refractivity contribution is -0.385. The van der Waals surface area contributed by atoms with E-state index in [0.29, 0.717) is 12.8 Å². The van der Waals surface area contributed by atoms with Gasteiger partial charge in [-0.25, -0.2) is 8.42 Å². The maximum atomic E-state index is 10.9. The van der Waals surface area contributed by atoms with E-state index in [0.717, 1.165) is 11.8 Å². The molecule has 1 aromatic carbocycles. The lowest BCUT2D eigenvalue weighted by Gasteiger charge is -2.07. The third-order valence-corrected chi connectivity index (χ3v) is 3.58. The quantitative estimate of drug-likeness (QED) is 0.434. The summed E-state index contributed by atoms with van der Waals surface area (Å²) >= 11 is 0. The van der Waals surface area contributed by atoms with Gasteiger partial charge in [0.25, 0.3) is 0 Å². The van der Waals surface area contributed by atoms with Crippen LogP contribution in [0.25, 0.3) is 0 Å². The predicted octanol–water partition coefficient (Wildman–Crippen LogP) is 1.97. The summed E-state index contributed by atoms with van der Waals surface area (Å²) in [6.07, 6.45) is 2.16. The third-order valence-electron chi connectivity index (χ3n) is 2.55. The predicted molar refractivity (Wildman–Crippen MR) is 72.3 cm³/mol. The first kappa shape index (κ1) is 15.4. The number of aryl methyl sites for hydroxylation is 1. The van der Waals surface area contributed by atoms with Gasteiger partial charge in [-0.15, -0.1) is 0 Å². The van der Waals surface area contributed by atoms with Gasteiger partial charge >= 0.3 is 5.69 Å². The summed E-state index contributed by atoms with van der Waals surface area (Å²) in [4.78, 5) is 10.4. The van der Waals surface area contributed by atoms with E-state index in [2.05, 4.69) is 0 Å². The number of nitrogens with zero attached hydrogens (tertiary/aromatic N) is 1. The second kappa shape index (κ2) is 6.51. The summed E-state index contributed by atoms with van der Waals surface area (Å²) in [5, 5.41) is 10.9. The normalized spacial score (nSPS) is 11.3. The van der Waals surface area contributed by atoms with Gasteiger partial charge in [-0.3, -0.25) is 10.1 Å². The molecule has 106 valence electrons. The Hall–Kier alpha value is -1.63. The minimum Gasteiger partial charge on any atom is -0.487 e. The van der Waals surface area contributed by atoms with E-state index in [4.69, 9.17) is 4.74 Å². The zero-order valence-corrected chi connectivity index (χ0v) is 11.8. The van der Waals surface area contributed by atoms with Crippen LogP contribution in [0.3, 0.4) is 0 Å². The molecule has 0 aromatic heterocycles. The highest BCUT2D eigenvalue weighted by Gasteiger charge is 2.15. The Morgan fingerprint density at radius 2 is 2.05 bits per heavy atom. The van der Waals surface area contributed by atoms with Crippen molar-refractivity contribution in [2.45, 2.75) is 19.8 Å². The Balaban J connectivity index is 2.70. The molecule has 0 amide bonds. The molecule has 0 aliphatic heterocycles. The monoisotopic (exact) mass is 287 g/mol. The largest absolute Gasteiger partial charge is 0.487 e. The van der Waals surface area contributed by atoms with E-state index in [1.54, 1.807) is 12.1 Å². The van der Waals surface area contributed by atoms with Crippen LogP contribution in [0.4, 0.5) is 5.69 Å². The second-order valence-corrected chi connectivity index (χ2v) is 6.50. The topological polar surface area (TPSA) is 86.5 Å².